The number of amides is 1. The van der Waals surface area contributed by atoms with Gasteiger partial charge in [0.15, 0.2) is 17.3 Å². The van der Waals surface area contributed by atoms with E-state index in [0.29, 0.717) is 79.7 Å². The van der Waals surface area contributed by atoms with Gasteiger partial charge in [0.2, 0.25) is 11.9 Å². The van der Waals surface area contributed by atoms with Crippen molar-refractivity contribution < 1.29 is 23.1 Å². The number of nitrogens with zero attached hydrogens (tertiary/aromatic N) is 5. The highest BCUT2D eigenvalue weighted by Crippen LogP contribution is 2.35. The number of carbonyl (C=O) groups excluding carboxylic acids is 1. The molecular formula is C30H38F3N7O2. The van der Waals surface area contributed by atoms with E-state index in [0.717, 1.165) is 51.6 Å². The molecule has 1 aromatic carbocycles. The van der Waals surface area contributed by atoms with E-state index >= 15 is 0 Å². The summed E-state index contributed by atoms with van der Waals surface area (Å²) in [5, 5.41) is 16.4. The van der Waals surface area contributed by atoms with E-state index in [1.54, 1.807) is 6.20 Å². The third-order valence-electron chi connectivity index (χ3n) is 9.03. The summed E-state index contributed by atoms with van der Waals surface area (Å²) >= 11 is 0. The average molecular weight is 586 g/mol. The van der Waals surface area contributed by atoms with Gasteiger partial charge in [-0.05, 0) is 64.2 Å². The Morgan fingerprint density at radius 2 is 1.64 bits per heavy atom. The number of aliphatic hydroxyl groups excluding tert-OH is 1. The van der Waals surface area contributed by atoms with Gasteiger partial charge in [-0.2, -0.15) is 0 Å². The number of nitrogens with one attached hydrogen (secondary N) is 2. The Bertz CT molecular complexity index is 1390. The minimum Gasteiger partial charge on any atom is -0.393 e. The van der Waals surface area contributed by atoms with Crippen LogP contribution in [0.5, 0.6) is 0 Å². The number of hydrogen-bond donors (Lipinski definition) is 3. The first-order valence-electron chi connectivity index (χ1n) is 15.2. The van der Waals surface area contributed by atoms with Crippen LogP contribution in [0.4, 0.5) is 24.8 Å². The number of anilines is 2. The Morgan fingerprint density at radius 3 is 2.33 bits per heavy atom. The zero-order valence-electron chi connectivity index (χ0n) is 23.7. The number of likely N-dealkylation sites (tertiary alicyclic amines) is 1. The standard InChI is InChI=1S/C30H38F3N7O2/c31-19-15-23(32)27(24(33)16-19)38-30-36-25-17-35-26(37-28(25)40(30)21-7-9-22(41)10-8-21)11-12-34-20-5-3-18(4-6-20)29(42)39-13-1-2-14-39/h15-18,20-22,34,41H,1-14H2,(H,36,38). The van der Waals surface area contributed by atoms with Crippen LogP contribution in [0.25, 0.3) is 11.2 Å². The predicted octanol–water partition coefficient (Wildman–Crippen LogP) is 4.78. The van der Waals surface area contributed by atoms with E-state index < -0.39 is 23.1 Å². The van der Waals surface area contributed by atoms with Crippen molar-refractivity contribution in [2.24, 2.45) is 5.92 Å². The molecule has 0 radical (unpaired) electrons. The molecule has 9 nitrogen and oxygen atoms in total. The highest BCUT2D eigenvalue weighted by Gasteiger charge is 2.31. The van der Waals surface area contributed by atoms with Crippen molar-refractivity contribution >= 4 is 28.7 Å². The largest absolute Gasteiger partial charge is 0.393 e. The Labute approximate surface area is 242 Å². The van der Waals surface area contributed by atoms with Crippen molar-refractivity contribution in [3.8, 4) is 0 Å². The number of imidazole rings is 1. The van der Waals surface area contributed by atoms with E-state index in [2.05, 4.69) is 20.6 Å². The summed E-state index contributed by atoms with van der Waals surface area (Å²) in [4.78, 5) is 28.6. The van der Waals surface area contributed by atoms with Gasteiger partial charge in [0.25, 0.3) is 0 Å². The molecular weight excluding hydrogens is 547 g/mol. The second-order valence-electron chi connectivity index (χ2n) is 11.9. The average Bonchev–Trinajstić information content (AvgIpc) is 3.64. The Morgan fingerprint density at radius 1 is 0.952 bits per heavy atom. The Kier molecular flexibility index (Phi) is 8.62. The van der Waals surface area contributed by atoms with Gasteiger partial charge in [0.05, 0.1) is 12.3 Å². The Balaban J connectivity index is 1.14. The van der Waals surface area contributed by atoms with Gasteiger partial charge in [-0.3, -0.25) is 9.36 Å². The number of benzene rings is 1. The molecule has 3 aliphatic rings. The van der Waals surface area contributed by atoms with E-state index in [4.69, 9.17) is 4.98 Å². The minimum atomic E-state index is -1.06. The van der Waals surface area contributed by atoms with Crippen LogP contribution in [0.1, 0.15) is 76.1 Å². The molecule has 0 atom stereocenters. The lowest BCUT2D eigenvalue weighted by Crippen LogP contribution is -2.40. The lowest BCUT2D eigenvalue weighted by Gasteiger charge is -2.31. The smallest absolute Gasteiger partial charge is 0.225 e. The van der Waals surface area contributed by atoms with Gasteiger partial charge in [0.1, 0.15) is 22.8 Å². The summed E-state index contributed by atoms with van der Waals surface area (Å²) in [6.07, 6.45) is 10.3. The number of aromatic nitrogens is 4. The van der Waals surface area contributed by atoms with Crippen LogP contribution in [-0.2, 0) is 11.2 Å². The molecule has 3 N–H and O–H groups in total. The molecule has 6 rings (SSSR count). The fourth-order valence-corrected chi connectivity index (χ4v) is 6.70. The van der Waals surface area contributed by atoms with Crippen molar-refractivity contribution in [3.05, 3.63) is 41.6 Å². The summed E-state index contributed by atoms with van der Waals surface area (Å²) in [5.74, 6) is -1.83. The molecule has 2 aromatic heterocycles. The van der Waals surface area contributed by atoms with Gasteiger partial charge in [0, 0.05) is 56.2 Å². The molecule has 3 aromatic rings. The number of aliphatic hydroxyl groups is 1. The molecule has 2 saturated carbocycles. The highest BCUT2D eigenvalue weighted by molar-refractivity contribution is 5.79. The fraction of sp³-hybridized carbons (Fsp3) is 0.600. The molecule has 2 aliphatic carbocycles. The molecule has 226 valence electrons. The number of fused-ring (bicyclic) bond motifs is 1. The van der Waals surface area contributed by atoms with Crippen molar-refractivity contribution in [1.82, 2.24) is 29.7 Å². The number of halogens is 3. The summed E-state index contributed by atoms with van der Waals surface area (Å²) in [7, 11) is 0. The van der Waals surface area contributed by atoms with Crippen LogP contribution in [0.2, 0.25) is 0 Å². The molecule has 1 saturated heterocycles. The first-order chi connectivity index (χ1) is 20.4. The van der Waals surface area contributed by atoms with Gasteiger partial charge >= 0.3 is 0 Å². The molecule has 1 amide bonds. The van der Waals surface area contributed by atoms with Crippen LogP contribution in [-0.4, -0.2) is 67.2 Å². The summed E-state index contributed by atoms with van der Waals surface area (Å²) in [6.45, 7) is 2.49. The van der Waals surface area contributed by atoms with Crippen molar-refractivity contribution in [3.63, 3.8) is 0 Å². The van der Waals surface area contributed by atoms with Crippen molar-refractivity contribution in [2.45, 2.75) is 88.8 Å². The van der Waals surface area contributed by atoms with Gasteiger partial charge in [-0.1, -0.05) is 0 Å². The first-order valence-corrected chi connectivity index (χ1v) is 15.2. The van der Waals surface area contributed by atoms with Crippen molar-refractivity contribution in [2.75, 3.05) is 25.0 Å². The topological polar surface area (TPSA) is 108 Å². The van der Waals surface area contributed by atoms with Gasteiger partial charge in [-0.25, -0.2) is 28.1 Å². The lowest BCUT2D eigenvalue weighted by molar-refractivity contribution is -0.135. The van der Waals surface area contributed by atoms with Gasteiger partial charge < -0.3 is 20.6 Å². The van der Waals surface area contributed by atoms with Gasteiger partial charge in [-0.15, -0.1) is 0 Å². The highest BCUT2D eigenvalue weighted by atomic mass is 19.1. The quantitative estimate of drug-likeness (QED) is 0.349. The predicted molar refractivity (Wildman–Crippen MR) is 152 cm³/mol. The normalized spacial score (nSPS) is 24.8. The zero-order chi connectivity index (χ0) is 29.2. The van der Waals surface area contributed by atoms with E-state index in [1.807, 2.05) is 9.47 Å². The van der Waals surface area contributed by atoms with Crippen LogP contribution in [0.15, 0.2) is 18.3 Å². The second kappa shape index (κ2) is 12.5. The molecule has 0 unspecified atom stereocenters. The summed E-state index contributed by atoms with van der Waals surface area (Å²) < 4.78 is 44.3. The SMILES string of the molecule is O=C(C1CCC(NCCc2ncc3nc(Nc4c(F)cc(F)cc4F)n(C4CCC(O)CC4)c3n2)CC1)N1CCCC1. The number of carbonyl (C=O) groups is 1. The maximum Gasteiger partial charge on any atom is 0.225 e. The van der Waals surface area contributed by atoms with E-state index in [9.17, 15) is 23.1 Å². The van der Waals surface area contributed by atoms with E-state index in [-0.39, 0.29) is 24.0 Å². The summed E-state index contributed by atoms with van der Waals surface area (Å²) in [6, 6.07) is 1.51. The molecule has 0 bridgehead atoms. The molecule has 12 heteroatoms. The monoisotopic (exact) mass is 585 g/mol. The van der Waals surface area contributed by atoms with Crippen LogP contribution in [0.3, 0.4) is 0 Å². The van der Waals surface area contributed by atoms with E-state index in [1.165, 1.54) is 0 Å². The molecule has 3 fully saturated rings. The molecule has 42 heavy (non-hydrogen) atoms. The lowest BCUT2D eigenvalue weighted by atomic mass is 9.85. The van der Waals surface area contributed by atoms with Crippen LogP contribution >= 0.6 is 0 Å². The maximum atomic E-state index is 14.5. The third-order valence-corrected chi connectivity index (χ3v) is 9.03. The maximum absolute atomic E-state index is 14.5. The minimum absolute atomic E-state index is 0.0909. The molecule has 1 aliphatic heterocycles. The zero-order valence-corrected chi connectivity index (χ0v) is 23.7. The van der Waals surface area contributed by atoms with Crippen LogP contribution in [0, 0.1) is 23.4 Å². The Hall–Kier alpha value is -3.25. The van der Waals surface area contributed by atoms with Crippen LogP contribution < -0.4 is 10.6 Å². The molecule has 3 heterocycles. The summed E-state index contributed by atoms with van der Waals surface area (Å²) in [5.41, 5.74) is 0.537. The number of rotatable bonds is 8. The third kappa shape index (κ3) is 6.24. The molecule has 0 spiro atoms. The fourth-order valence-electron chi connectivity index (χ4n) is 6.70. The van der Waals surface area contributed by atoms with Crippen molar-refractivity contribution in [1.29, 1.82) is 0 Å². The number of hydrogen-bond acceptors (Lipinski definition) is 7. The first kappa shape index (κ1) is 28.9. The second-order valence-corrected chi connectivity index (χ2v) is 11.9.